The summed E-state index contributed by atoms with van der Waals surface area (Å²) in [5.74, 6) is -0.485. The number of ketones is 1. The van der Waals surface area contributed by atoms with E-state index >= 15 is 0 Å². The molecular weight excluding hydrogens is 496 g/mol. The molecule has 0 radical (unpaired) electrons. The number of Topliss-reactive ketones (excluding diaryl/α,β-unsaturated/α-hetero) is 1. The molecule has 0 aliphatic carbocycles. The summed E-state index contributed by atoms with van der Waals surface area (Å²) < 4.78 is 0. The molecule has 4 fully saturated rings. The standard InChI is InChI=1S/C29H42N6O4/c1-20(2)17-23(31-28(38)21-5-7-22(8-6-21)33-12-3-4-13-33)29(39)34-14-9-24-27(34)25(36)18-35(24)26(37)19-32-15-10-30-11-16-32/h5-8,20,23-24,27,30H,3-4,9-19H2,1-2H3,(H,31,38). The lowest BCUT2D eigenvalue weighted by atomic mass is 10.0. The molecule has 4 aliphatic heterocycles. The predicted octanol–water partition coefficient (Wildman–Crippen LogP) is 0.717. The molecule has 3 unspecified atom stereocenters. The molecule has 4 saturated heterocycles. The molecule has 0 spiro atoms. The van der Waals surface area contributed by atoms with Crippen LogP contribution in [0.4, 0.5) is 5.69 Å². The topological polar surface area (TPSA) is 105 Å². The first kappa shape index (κ1) is 27.6. The third kappa shape index (κ3) is 6.11. The molecule has 2 N–H and O–H groups in total. The van der Waals surface area contributed by atoms with Crippen LogP contribution in [0.15, 0.2) is 24.3 Å². The highest BCUT2D eigenvalue weighted by Gasteiger charge is 2.52. The Morgan fingerprint density at radius 1 is 0.974 bits per heavy atom. The summed E-state index contributed by atoms with van der Waals surface area (Å²) in [4.78, 5) is 60.9. The van der Waals surface area contributed by atoms with E-state index in [9.17, 15) is 19.2 Å². The lowest BCUT2D eigenvalue weighted by Crippen LogP contribution is -2.53. The number of benzene rings is 1. The van der Waals surface area contributed by atoms with Crippen LogP contribution in [0.25, 0.3) is 0 Å². The van der Waals surface area contributed by atoms with Crippen LogP contribution in [0.2, 0.25) is 0 Å². The van der Waals surface area contributed by atoms with Gasteiger partial charge in [0.1, 0.15) is 12.1 Å². The van der Waals surface area contributed by atoms with Crippen LogP contribution in [-0.4, -0.2) is 115 Å². The van der Waals surface area contributed by atoms with Gasteiger partial charge < -0.3 is 25.3 Å². The van der Waals surface area contributed by atoms with Crippen molar-refractivity contribution in [3.05, 3.63) is 29.8 Å². The van der Waals surface area contributed by atoms with E-state index in [1.807, 2.05) is 38.1 Å². The van der Waals surface area contributed by atoms with Gasteiger partial charge in [-0.15, -0.1) is 0 Å². The van der Waals surface area contributed by atoms with Gasteiger partial charge in [0.25, 0.3) is 5.91 Å². The molecule has 39 heavy (non-hydrogen) atoms. The second kappa shape index (κ2) is 12.0. The van der Waals surface area contributed by atoms with Gasteiger partial charge in [0, 0.05) is 57.1 Å². The molecule has 212 valence electrons. The molecule has 4 heterocycles. The van der Waals surface area contributed by atoms with Crippen molar-refractivity contribution >= 4 is 29.2 Å². The Morgan fingerprint density at radius 2 is 1.67 bits per heavy atom. The van der Waals surface area contributed by atoms with E-state index in [0.717, 1.165) is 45.0 Å². The van der Waals surface area contributed by atoms with Gasteiger partial charge in [-0.1, -0.05) is 13.8 Å². The molecule has 3 amide bonds. The summed E-state index contributed by atoms with van der Waals surface area (Å²) >= 11 is 0. The minimum atomic E-state index is -0.729. The van der Waals surface area contributed by atoms with E-state index in [0.29, 0.717) is 31.5 Å². The maximum atomic E-state index is 13.8. The smallest absolute Gasteiger partial charge is 0.251 e. The van der Waals surface area contributed by atoms with Gasteiger partial charge in [0.15, 0.2) is 5.78 Å². The molecule has 10 heteroatoms. The summed E-state index contributed by atoms with van der Waals surface area (Å²) in [6.45, 7) is 10.2. The fourth-order valence-corrected chi connectivity index (χ4v) is 6.47. The third-order valence-corrected chi connectivity index (χ3v) is 8.51. The number of hydrogen-bond acceptors (Lipinski definition) is 7. The Morgan fingerprint density at radius 3 is 2.33 bits per heavy atom. The monoisotopic (exact) mass is 538 g/mol. The van der Waals surface area contributed by atoms with Crippen molar-refractivity contribution in [2.75, 3.05) is 63.8 Å². The number of piperazine rings is 1. The van der Waals surface area contributed by atoms with Gasteiger partial charge in [-0.3, -0.25) is 24.1 Å². The van der Waals surface area contributed by atoms with Crippen LogP contribution in [0.5, 0.6) is 0 Å². The Bertz CT molecular complexity index is 1060. The predicted molar refractivity (Wildman–Crippen MR) is 149 cm³/mol. The summed E-state index contributed by atoms with van der Waals surface area (Å²) in [6, 6.07) is 5.92. The molecule has 0 saturated carbocycles. The Balaban J connectivity index is 1.24. The van der Waals surface area contributed by atoms with Gasteiger partial charge in [-0.2, -0.15) is 0 Å². The number of carbonyl (C=O) groups is 4. The highest BCUT2D eigenvalue weighted by Crippen LogP contribution is 2.31. The number of rotatable bonds is 8. The number of amides is 3. The molecule has 0 aromatic heterocycles. The fraction of sp³-hybridized carbons (Fsp3) is 0.655. The van der Waals surface area contributed by atoms with Gasteiger partial charge >= 0.3 is 0 Å². The molecule has 10 nitrogen and oxygen atoms in total. The van der Waals surface area contributed by atoms with Gasteiger partial charge in [-0.25, -0.2) is 0 Å². The summed E-state index contributed by atoms with van der Waals surface area (Å²) in [6.07, 6.45) is 3.42. The van der Waals surface area contributed by atoms with Gasteiger partial charge in [0.2, 0.25) is 11.8 Å². The Hall–Kier alpha value is -2.98. The SMILES string of the molecule is CC(C)CC(NC(=O)c1ccc(N2CCCC2)cc1)C(=O)N1CCC2C1C(=O)CN2C(=O)CN1CCNCC1. The second-order valence-electron chi connectivity index (χ2n) is 11.7. The normalized spacial score (nSPS) is 24.4. The van der Waals surface area contributed by atoms with Crippen LogP contribution in [0, 0.1) is 5.92 Å². The highest BCUT2D eigenvalue weighted by atomic mass is 16.2. The Kier molecular flexibility index (Phi) is 8.52. The fourth-order valence-electron chi connectivity index (χ4n) is 6.47. The molecular formula is C29H42N6O4. The van der Waals surface area contributed by atoms with E-state index in [1.165, 1.54) is 12.8 Å². The number of anilines is 1. The van der Waals surface area contributed by atoms with Crippen LogP contribution in [0.1, 0.15) is 49.9 Å². The Labute approximate surface area is 231 Å². The molecule has 1 aromatic rings. The first-order chi connectivity index (χ1) is 18.8. The van der Waals surface area contributed by atoms with Crippen LogP contribution >= 0.6 is 0 Å². The lowest BCUT2D eigenvalue weighted by molar-refractivity contribution is -0.138. The minimum Gasteiger partial charge on any atom is -0.372 e. The first-order valence-corrected chi connectivity index (χ1v) is 14.5. The van der Waals surface area contributed by atoms with Crippen molar-refractivity contribution in [2.24, 2.45) is 5.92 Å². The van der Waals surface area contributed by atoms with Crippen molar-refractivity contribution in [3.63, 3.8) is 0 Å². The van der Waals surface area contributed by atoms with Crippen molar-refractivity contribution in [3.8, 4) is 0 Å². The van der Waals surface area contributed by atoms with Crippen molar-refractivity contribution < 1.29 is 19.2 Å². The largest absolute Gasteiger partial charge is 0.372 e. The minimum absolute atomic E-state index is 0.0449. The van der Waals surface area contributed by atoms with E-state index < -0.39 is 12.1 Å². The van der Waals surface area contributed by atoms with E-state index in [4.69, 9.17) is 0 Å². The molecule has 4 aliphatic rings. The summed E-state index contributed by atoms with van der Waals surface area (Å²) in [7, 11) is 0. The molecule has 3 atom stereocenters. The number of nitrogens with one attached hydrogen (secondary N) is 2. The average molecular weight is 539 g/mol. The van der Waals surface area contributed by atoms with Crippen LogP contribution in [-0.2, 0) is 14.4 Å². The van der Waals surface area contributed by atoms with Crippen LogP contribution in [0.3, 0.4) is 0 Å². The lowest BCUT2D eigenvalue weighted by Gasteiger charge is -2.30. The van der Waals surface area contributed by atoms with Crippen LogP contribution < -0.4 is 15.5 Å². The van der Waals surface area contributed by atoms with Gasteiger partial charge in [0.05, 0.1) is 19.1 Å². The van der Waals surface area contributed by atoms with E-state index in [2.05, 4.69) is 20.4 Å². The molecule has 0 bridgehead atoms. The zero-order chi connectivity index (χ0) is 27.5. The molecule has 1 aromatic carbocycles. The van der Waals surface area contributed by atoms with Gasteiger partial charge in [-0.05, 0) is 55.9 Å². The van der Waals surface area contributed by atoms with Crippen molar-refractivity contribution in [2.45, 2.75) is 57.7 Å². The number of fused-ring (bicyclic) bond motifs is 1. The maximum absolute atomic E-state index is 13.8. The molecule has 5 rings (SSSR count). The summed E-state index contributed by atoms with van der Waals surface area (Å²) in [5, 5.41) is 6.25. The highest BCUT2D eigenvalue weighted by molar-refractivity contribution is 6.01. The average Bonchev–Trinajstić information content (AvgIpc) is 3.68. The van der Waals surface area contributed by atoms with Crippen molar-refractivity contribution in [1.29, 1.82) is 0 Å². The van der Waals surface area contributed by atoms with E-state index in [-0.39, 0.29) is 42.0 Å². The third-order valence-electron chi connectivity index (χ3n) is 8.51. The quantitative estimate of drug-likeness (QED) is 0.503. The zero-order valence-corrected chi connectivity index (χ0v) is 23.2. The zero-order valence-electron chi connectivity index (χ0n) is 23.2. The number of carbonyl (C=O) groups excluding carboxylic acids is 4. The van der Waals surface area contributed by atoms with Crippen molar-refractivity contribution in [1.82, 2.24) is 25.3 Å². The maximum Gasteiger partial charge on any atom is 0.251 e. The summed E-state index contributed by atoms with van der Waals surface area (Å²) in [5.41, 5.74) is 1.62. The number of nitrogens with zero attached hydrogens (tertiary/aromatic N) is 4. The van der Waals surface area contributed by atoms with E-state index in [1.54, 1.807) is 9.80 Å². The second-order valence-corrected chi connectivity index (χ2v) is 11.7. The number of hydrogen-bond donors (Lipinski definition) is 2. The first-order valence-electron chi connectivity index (χ1n) is 14.5. The number of likely N-dealkylation sites (tertiary alicyclic amines) is 2.